The molecule has 0 unspecified atom stereocenters. The number of anilines is 2. The summed E-state index contributed by atoms with van der Waals surface area (Å²) in [4.78, 5) is 15.0. The van der Waals surface area contributed by atoms with Crippen LogP contribution in [-0.2, 0) is 10.0 Å². The maximum atomic E-state index is 13.0. The van der Waals surface area contributed by atoms with Gasteiger partial charge in [-0.1, -0.05) is 24.6 Å². The standard InChI is InChI=1S/C23H31N3O3S/c1-4-18(3)24-23(27)19-10-13-22(26-14-6-5-7-15-26)21(16-19)25-30(28,29)20-11-8-17(2)9-12-20/h8-13,16,18,25H,4-7,14-15H2,1-3H3,(H,24,27)/t18-/m1/s1. The van der Waals surface area contributed by atoms with Gasteiger partial charge in [0.2, 0.25) is 0 Å². The van der Waals surface area contributed by atoms with E-state index >= 15 is 0 Å². The fraction of sp³-hybridized carbons (Fsp3) is 0.435. The van der Waals surface area contributed by atoms with E-state index in [4.69, 9.17) is 0 Å². The number of nitrogens with zero attached hydrogens (tertiary/aromatic N) is 1. The molecule has 2 aromatic carbocycles. The van der Waals surface area contributed by atoms with Gasteiger partial charge in [0, 0.05) is 24.7 Å². The molecule has 1 aliphatic heterocycles. The quantitative estimate of drug-likeness (QED) is 0.687. The molecule has 162 valence electrons. The summed E-state index contributed by atoms with van der Waals surface area (Å²) in [5.74, 6) is -0.203. The largest absolute Gasteiger partial charge is 0.370 e. The van der Waals surface area contributed by atoms with E-state index in [1.807, 2.05) is 26.8 Å². The molecule has 30 heavy (non-hydrogen) atoms. The second kappa shape index (κ2) is 9.51. The highest BCUT2D eigenvalue weighted by Gasteiger charge is 2.21. The van der Waals surface area contributed by atoms with Crippen LogP contribution in [0.5, 0.6) is 0 Å². The lowest BCUT2D eigenvalue weighted by Crippen LogP contribution is -2.33. The first-order valence-electron chi connectivity index (χ1n) is 10.6. The number of amides is 1. The van der Waals surface area contributed by atoms with Crippen LogP contribution in [0.1, 0.15) is 55.5 Å². The van der Waals surface area contributed by atoms with Crippen molar-refractivity contribution < 1.29 is 13.2 Å². The fourth-order valence-electron chi connectivity index (χ4n) is 3.50. The molecule has 0 aromatic heterocycles. The van der Waals surface area contributed by atoms with Gasteiger partial charge in [0.15, 0.2) is 0 Å². The van der Waals surface area contributed by atoms with Crippen LogP contribution in [-0.4, -0.2) is 33.5 Å². The summed E-state index contributed by atoms with van der Waals surface area (Å²) in [7, 11) is -3.77. The molecule has 1 amide bonds. The summed E-state index contributed by atoms with van der Waals surface area (Å²) in [6.45, 7) is 7.61. The van der Waals surface area contributed by atoms with Crippen molar-refractivity contribution in [1.29, 1.82) is 0 Å². The van der Waals surface area contributed by atoms with E-state index in [0.29, 0.717) is 11.3 Å². The molecule has 3 rings (SSSR count). The molecule has 1 aliphatic rings. The SMILES string of the molecule is CC[C@@H](C)NC(=O)c1ccc(N2CCCCC2)c(NS(=O)(=O)c2ccc(C)cc2)c1. The molecule has 1 heterocycles. The molecule has 7 heteroatoms. The van der Waals surface area contributed by atoms with E-state index in [2.05, 4.69) is 14.9 Å². The number of benzene rings is 2. The first-order chi connectivity index (χ1) is 14.3. The van der Waals surface area contributed by atoms with Gasteiger partial charge in [0.1, 0.15) is 0 Å². The molecule has 0 saturated carbocycles. The third kappa shape index (κ3) is 5.33. The molecular formula is C23H31N3O3S. The van der Waals surface area contributed by atoms with Crippen LogP contribution in [0.15, 0.2) is 47.4 Å². The molecule has 0 radical (unpaired) electrons. The van der Waals surface area contributed by atoms with Gasteiger partial charge in [-0.25, -0.2) is 8.42 Å². The van der Waals surface area contributed by atoms with Gasteiger partial charge in [-0.05, 0) is 69.9 Å². The summed E-state index contributed by atoms with van der Waals surface area (Å²) in [6.07, 6.45) is 4.14. The summed E-state index contributed by atoms with van der Waals surface area (Å²) in [5, 5.41) is 2.94. The molecule has 1 saturated heterocycles. The maximum Gasteiger partial charge on any atom is 0.261 e. The molecule has 6 nitrogen and oxygen atoms in total. The van der Waals surface area contributed by atoms with Gasteiger partial charge in [0.25, 0.3) is 15.9 Å². The van der Waals surface area contributed by atoms with E-state index in [9.17, 15) is 13.2 Å². The number of hydrogen-bond donors (Lipinski definition) is 2. The predicted octanol–water partition coefficient (Wildman–Crippen LogP) is 4.31. The normalized spacial score (nSPS) is 15.5. The molecular weight excluding hydrogens is 398 g/mol. The second-order valence-corrected chi connectivity index (χ2v) is 9.66. The number of sulfonamides is 1. The van der Waals surface area contributed by atoms with Crippen LogP contribution in [0.2, 0.25) is 0 Å². The lowest BCUT2D eigenvalue weighted by molar-refractivity contribution is 0.0939. The Morgan fingerprint density at radius 1 is 1.07 bits per heavy atom. The van der Waals surface area contributed by atoms with Crippen molar-refractivity contribution in [3.05, 3.63) is 53.6 Å². The van der Waals surface area contributed by atoms with Crippen molar-refractivity contribution in [1.82, 2.24) is 5.32 Å². The Labute approximate surface area is 179 Å². The Balaban J connectivity index is 1.96. The topological polar surface area (TPSA) is 78.5 Å². The van der Waals surface area contributed by atoms with E-state index < -0.39 is 10.0 Å². The number of hydrogen-bond acceptors (Lipinski definition) is 4. The van der Waals surface area contributed by atoms with Gasteiger partial charge in [-0.2, -0.15) is 0 Å². The predicted molar refractivity (Wildman–Crippen MR) is 122 cm³/mol. The summed E-state index contributed by atoms with van der Waals surface area (Å²) in [6, 6.07) is 12.1. The number of rotatable bonds is 7. The third-order valence-corrected chi connectivity index (χ3v) is 6.90. The van der Waals surface area contributed by atoms with E-state index in [1.54, 1.807) is 36.4 Å². The van der Waals surface area contributed by atoms with Crippen LogP contribution in [0.4, 0.5) is 11.4 Å². The van der Waals surface area contributed by atoms with Crippen LogP contribution >= 0.6 is 0 Å². The van der Waals surface area contributed by atoms with Gasteiger partial charge in [-0.3, -0.25) is 9.52 Å². The third-order valence-electron chi connectivity index (χ3n) is 5.52. The zero-order chi connectivity index (χ0) is 21.7. The second-order valence-electron chi connectivity index (χ2n) is 7.98. The van der Waals surface area contributed by atoms with Crippen molar-refractivity contribution >= 4 is 27.3 Å². The van der Waals surface area contributed by atoms with E-state index in [-0.39, 0.29) is 16.8 Å². The van der Waals surface area contributed by atoms with Crippen molar-refractivity contribution in [2.75, 3.05) is 22.7 Å². The molecule has 1 atom stereocenters. The average molecular weight is 430 g/mol. The van der Waals surface area contributed by atoms with E-state index in [0.717, 1.165) is 43.6 Å². The first kappa shape index (κ1) is 22.2. The Morgan fingerprint density at radius 3 is 2.37 bits per heavy atom. The van der Waals surface area contributed by atoms with E-state index in [1.165, 1.54) is 6.42 Å². The minimum Gasteiger partial charge on any atom is -0.370 e. The monoisotopic (exact) mass is 429 g/mol. The highest BCUT2D eigenvalue weighted by molar-refractivity contribution is 7.92. The summed E-state index contributed by atoms with van der Waals surface area (Å²) in [5.41, 5.74) is 2.68. The van der Waals surface area contributed by atoms with Gasteiger partial charge in [0.05, 0.1) is 16.3 Å². The van der Waals surface area contributed by atoms with Crippen molar-refractivity contribution in [2.24, 2.45) is 0 Å². The minimum absolute atomic E-state index is 0.0481. The smallest absolute Gasteiger partial charge is 0.261 e. The number of piperidine rings is 1. The molecule has 1 fully saturated rings. The molecule has 2 N–H and O–H groups in total. The highest BCUT2D eigenvalue weighted by Crippen LogP contribution is 2.31. The van der Waals surface area contributed by atoms with Crippen LogP contribution < -0.4 is 14.9 Å². The van der Waals surface area contributed by atoms with Crippen LogP contribution in [0.25, 0.3) is 0 Å². The molecule has 0 spiro atoms. The minimum atomic E-state index is -3.77. The first-order valence-corrected chi connectivity index (χ1v) is 12.1. The maximum absolute atomic E-state index is 13.0. The van der Waals surface area contributed by atoms with Crippen LogP contribution in [0.3, 0.4) is 0 Å². The van der Waals surface area contributed by atoms with Gasteiger partial charge in [-0.15, -0.1) is 0 Å². The summed E-state index contributed by atoms with van der Waals surface area (Å²) >= 11 is 0. The molecule has 0 aliphatic carbocycles. The van der Waals surface area contributed by atoms with Gasteiger partial charge >= 0.3 is 0 Å². The number of nitrogens with one attached hydrogen (secondary N) is 2. The molecule has 2 aromatic rings. The Morgan fingerprint density at radius 2 is 1.73 bits per heavy atom. The summed E-state index contributed by atoms with van der Waals surface area (Å²) < 4.78 is 28.8. The van der Waals surface area contributed by atoms with Crippen molar-refractivity contribution in [3.8, 4) is 0 Å². The van der Waals surface area contributed by atoms with Crippen LogP contribution in [0, 0.1) is 6.92 Å². The lowest BCUT2D eigenvalue weighted by atomic mass is 10.1. The van der Waals surface area contributed by atoms with Crippen molar-refractivity contribution in [3.63, 3.8) is 0 Å². The number of carbonyl (C=O) groups excluding carboxylic acids is 1. The van der Waals surface area contributed by atoms with Crippen molar-refractivity contribution in [2.45, 2.75) is 57.4 Å². The number of aryl methyl sites for hydroxylation is 1. The average Bonchev–Trinajstić information content (AvgIpc) is 2.74. The fourth-order valence-corrected chi connectivity index (χ4v) is 4.57. The zero-order valence-corrected chi connectivity index (χ0v) is 18.8. The number of carbonyl (C=O) groups is 1. The lowest BCUT2D eigenvalue weighted by Gasteiger charge is -2.31. The highest BCUT2D eigenvalue weighted by atomic mass is 32.2. The Hall–Kier alpha value is -2.54. The molecule has 0 bridgehead atoms. The Kier molecular flexibility index (Phi) is 7.02. The Bertz CT molecular complexity index is 981. The van der Waals surface area contributed by atoms with Gasteiger partial charge < -0.3 is 10.2 Å². The zero-order valence-electron chi connectivity index (χ0n) is 17.9.